The van der Waals surface area contributed by atoms with Gasteiger partial charge in [0.25, 0.3) is 0 Å². The van der Waals surface area contributed by atoms with Crippen molar-refractivity contribution in [3.63, 3.8) is 0 Å². The maximum absolute atomic E-state index is 2.60. The average molecular weight is 403 g/mol. The van der Waals surface area contributed by atoms with Gasteiger partial charge in [0.15, 0.2) is 7.74 Å². The summed E-state index contributed by atoms with van der Waals surface area (Å²) < 4.78 is 0. The van der Waals surface area contributed by atoms with Crippen LogP contribution < -0.4 is 15.3 Å². The van der Waals surface area contributed by atoms with Crippen molar-refractivity contribution in [2.24, 2.45) is 0 Å². The van der Waals surface area contributed by atoms with E-state index in [1.54, 1.807) is 15.3 Å². The van der Waals surface area contributed by atoms with Crippen LogP contribution in [0.1, 0.15) is 22.3 Å². The van der Waals surface area contributed by atoms with Gasteiger partial charge in [0.2, 0.25) is 0 Å². The molecule has 0 radical (unpaired) electrons. The Hall–Kier alpha value is -1.78. The zero-order chi connectivity index (χ0) is 19.0. The van der Waals surface area contributed by atoms with Crippen LogP contribution in [0.25, 0.3) is 0 Å². The lowest BCUT2D eigenvalue weighted by molar-refractivity contribution is 1.41. The number of rotatable bonds is 4. The fraction of sp³-hybridized carbons (Fsp3) is 0.167. The van der Waals surface area contributed by atoms with Gasteiger partial charge in [-0.1, -0.05) is 71.8 Å². The summed E-state index contributed by atoms with van der Waals surface area (Å²) >= 11 is 0. The second-order valence-electron chi connectivity index (χ2n) is 7.39. The molecule has 0 N–H and O–H groups in total. The molecule has 0 saturated carbocycles. The predicted octanol–water partition coefficient (Wildman–Crippen LogP) is 5.72. The molecular weight excluding hydrogens is 378 g/mol. The molecule has 2 heterocycles. The normalized spacial score (nSPS) is 12.0. The van der Waals surface area contributed by atoms with E-state index in [1.807, 2.05) is 0 Å². The summed E-state index contributed by atoms with van der Waals surface area (Å²) in [4.78, 5) is 1.68. The molecule has 0 aliphatic heterocycles. The first kappa shape index (κ1) is 18.6. The maximum atomic E-state index is 2.60. The third kappa shape index (κ3) is 2.99. The SMILES string of the molecule is Cc1cp([Si](c2ccccc2)(c2ccccc2)c2[p-]cc(C)c2C)cc1C. The molecule has 2 aromatic heterocycles. The molecule has 4 rings (SSSR count). The standard InChI is InChI=1S/C24H25P2Si/c1-18-15-25-24(21(18)4)27(22-11-7-5-8-12-22,23-13-9-6-10-14-23)26-16-19(2)20(3)17-26/h5-17H,1-4H3/q-1. The zero-order valence-electron chi connectivity index (χ0n) is 16.4. The van der Waals surface area contributed by atoms with Crippen molar-refractivity contribution < 1.29 is 0 Å². The van der Waals surface area contributed by atoms with Crippen molar-refractivity contribution in [3.05, 3.63) is 100 Å². The van der Waals surface area contributed by atoms with Crippen LogP contribution in [-0.4, -0.2) is 7.74 Å². The number of aryl methyl sites for hydroxylation is 3. The summed E-state index contributed by atoms with van der Waals surface area (Å²) in [6, 6.07) is 22.7. The third-order valence-electron chi connectivity index (χ3n) is 5.73. The van der Waals surface area contributed by atoms with Crippen molar-refractivity contribution in [2.75, 3.05) is 0 Å². The van der Waals surface area contributed by atoms with Gasteiger partial charge in [-0.3, -0.25) is 0 Å². The Balaban J connectivity index is 2.17. The highest BCUT2D eigenvalue weighted by Gasteiger charge is 2.39. The Morgan fingerprint density at radius 1 is 0.667 bits per heavy atom. The minimum absolute atomic E-state index is 0.364. The topological polar surface area (TPSA) is 0 Å². The van der Waals surface area contributed by atoms with Gasteiger partial charge in [0, 0.05) is 0 Å². The van der Waals surface area contributed by atoms with E-state index in [0.29, 0.717) is 0 Å². The van der Waals surface area contributed by atoms with Crippen molar-refractivity contribution in [1.29, 1.82) is 0 Å². The monoisotopic (exact) mass is 403 g/mol. The van der Waals surface area contributed by atoms with Crippen molar-refractivity contribution in [3.8, 4) is 0 Å². The molecule has 0 aliphatic carbocycles. The summed E-state index contributed by atoms with van der Waals surface area (Å²) in [5.41, 5.74) is 5.89. The molecule has 0 fully saturated rings. The highest BCUT2D eigenvalue weighted by atomic mass is 31.4. The molecule has 0 unspecified atom stereocenters. The predicted molar refractivity (Wildman–Crippen MR) is 126 cm³/mol. The van der Waals surface area contributed by atoms with Crippen LogP contribution in [0.15, 0.2) is 78.1 Å². The lowest BCUT2D eigenvalue weighted by atomic mass is 10.2. The Bertz CT molecular complexity index is 999. The first-order valence-corrected chi connectivity index (χ1v) is 14.7. The van der Waals surface area contributed by atoms with Crippen LogP contribution in [0.2, 0.25) is 0 Å². The van der Waals surface area contributed by atoms with Gasteiger partial charge in [-0.15, -0.1) is 7.08 Å². The third-order valence-corrected chi connectivity index (χ3v) is 19.6. The van der Waals surface area contributed by atoms with Crippen LogP contribution in [0, 0.1) is 27.7 Å². The molecular formula is C24H25P2Si-. The Morgan fingerprint density at radius 3 is 1.56 bits per heavy atom. The van der Waals surface area contributed by atoms with Crippen molar-refractivity contribution in [1.82, 2.24) is 0 Å². The van der Waals surface area contributed by atoms with E-state index in [4.69, 9.17) is 0 Å². The minimum atomic E-state index is -2.14. The Labute approximate surface area is 166 Å². The van der Waals surface area contributed by atoms with E-state index in [2.05, 4.69) is 106 Å². The minimum Gasteiger partial charge on any atom is -0.530 e. The summed E-state index contributed by atoms with van der Waals surface area (Å²) in [5.74, 6) is 7.61. The van der Waals surface area contributed by atoms with Gasteiger partial charge in [0.05, 0.1) is 0 Å². The van der Waals surface area contributed by atoms with Gasteiger partial charge in [-0.25, -0.2) is 5.80 Å². The fourth-order valence-electron chi connectivity index (χ4n) is 3.98. The number of hydrogen-bond donors (Lipinski definition) is 0. The molecule has 0 aliphatic rings. The molecule has 0 bridgehead atoms. The molecule has 2 aromatic carbocycles. The average Bonchev–Trinajstić information content (AvgIpc) is 3.21. The largest absolute Gasteiger partial charge is 0.530 e. The highest BCUT2D eigenvalue weighted by Crippen LogP contribution is 2.43. The fourth-order valence-corrected chi connectivity index (χ4v) is 19.9. The van der Waals surface area contributed by atoms with Gasteiger partial charge in [0.1, 0.15) is 0 Å². The first-order chi connectivity index (χ1) is 13.0. The first-order valence-electron chi connectivity index (χ1n) is 9.41. The van der Waals surface area contributed by atoms with E-state index in [9.17, 15) is 0 Å². The molecule has 0 amide bonds. The number of hydrogen-bond acceptors (Lipinski definition) is 0. The zero-order valence-corrected chi connectivity index (χ0v) is 19.2. The smallest absolute Gasteiger partial charge is 0.168 e. The van der Waals surface area contributed by atoms with Gasteiger partial charge in [-0.05, 0) is 60.8 Å². The molecule has 0 spiro atoms. The summed E-state index contributed by atoms with van der Waals surface area (Å²) in [6.07, 6.45) is 0. The van der Waals surface area contributed by atoms with Crippen LogP contribution in [0.5, 0.6) is 0 Å². The van der Waals surface area contributed by atoms with E-state index in [0.717, 1.165) is 0 Å². The van der Waals surface area contributed by atoms with Crippen molar-refractivity contribution >= 4 is 38.3 Å². The lowest BCUT2D eigenvalue weighted by Gasteiger charge is -2.38. The Morgan fingerprint density at radius 2 is 1.15 bits per heavy atom. The quantitative estimate of drug-likeness (QED) is 0.382. The number of benzene rings is 2. The highest BCUT2D eigenvalue weighted by molar-refractivity contribution is 7.97. The van der Waals surface area contributed by atoms with E-state index in [-0.39, 0.29) is 7.08 Å². The lowest BCUT2D eigenvalue weighted by Crippen LogP contribution is -2.63. The van der Waals surface area contributed by atoms with E-state index in [1.165, 1.54) is 30.4 Å². The van der Waals surface area contributed by atoms with Crippen LogP contribution in [-0.2, 0) is 0 Å². The van der Waals surface area contributed by atoms with E-state index < -0.39 is 7.74 Å². The van der Waals surface area contributed by atoms with Crippen LogP contribution >= 0.6 is 15.3 Å². The molecule has 3 heteroatoms. The summed E-state index contributed by atoms with van der Waals surface area (Å²) in [7, 11) is -1.11. The maximum Gasteiger partial charge on any atom is 0.168 e. The van der Waals surface area contributed by atoms with Crippen LogP contribution in [0.4, 0.5) is 0 Å². The second-order valence-corrected chi connectivity index (χ2v) is 16.7. The summed E-state index contributed by atoms with van der Waals surface area (Å²) in [5, 5.41) is 3.09. The molecule has 0 saturated heterocycles. The molecule has 0 atom stereocenters. The molecule has 27 heavy (non-hydrogen) atoms. The van der Waals surface area contributed by atoms with E-state index >= 15 is 0 Å². The van der Waals surface area contributed by atoms with Crippen LogP contribution in [0.3, 0.4) is 0 Å². The molecule has 4 aromatic rings. The van der Waals surface area contributed by atoms with Gasteiger partial charge in [-0.2, -0.15) is 4.92 Å². The molecule has 0 nitrogen and oxygen atoms in total. The second kappa shape index (κ2) is 7.32. The van der Waals surface area contributed by atoms with Gasteiger partial charge < -0.3 is 8.19 Å². The van der Waals surface area contributed by atoms with Crippen molar-refractivity contribution in [2.45, 2.75) is 27.7 Å². The van der Waals surface area contributed by atoms with Gasteiger partial charge >= 0.3 is 0 Å². The summed E-state index contributed by atoms with van der Waals surface area (Å²) in [6.45, 7) is 9.17. The molecule has 136 valence electrons. The Kier molecular flexibility index (Phi) is 5.04.